The van der Waals surface area contributed by atoms with Crippen LogP contribution in [0.5, 0.6) is 5.75 Å². The van der Waals surface area contributed by atoms with E-state index in [1.807, 2.05) is 54.6 Å². The molecule has 0 atom stereocenters. The van der Waals surface area contributed by atoms with Crippen molar-refractivity contribution >= 4 is 22.4 Å². The van der Waals surface area contributed by atoms with Crippen LogP contribution in [0.2, 0.25) is 0 Å². The lowest BCUT2D eigenvalue weighted by molar-refractivity contribution is -0.118. The van der Waals surface area contributed by atoms with Crippen molar-refractivity contribution in [1.82, 2.24) is 20.2 Å². The first-order valence-corrected chi connectivity index (χ1v) is 8.03. The van der Waals surface area contributed by atoms with Crippen LogP contribution in [0.4, 0.5) is 5.69 Å². The molecule has 1 heterocycles. The van der Waals surface area contributed by atoms with Gasteiger partial charge in [0.1, 0.15) is 12.1 Å². The number of benzene rings is 3. The Hall–Kier alpha value is -3.74. The third kappa shape index (κ3) is 3.51. The summed E-state index contributed by atoms with van der Waals surface area (Å²) in [6, 6.07) is 20.9. The average molecular weight is 345 g/mol. The Balaban J connectivity index is 1.35. The van der Waals surface area contributed by atoms with E-state index in [9.17, 15) is 4.79 Å². The first-order valence-electron chi connectivity index (χ1n) is 8.03. The van der Waals surface area contributed by atoms with Gasteiger partial charge in [-0.2, -0.15) is 0 Å². The van der Waals surface area contributed by atoms with Gasteiger partial charge in [0.2, 0.25) is 0 Å². The molecule has 0 aliphatic rings. The van der Waals surface area contributed by atoms with Crippen molar-refractivity contribution in [3.05, 3.63) is 73.1 Å². The van der Waals surface area contributed by atoms with Gasteiger partial charge in [-0.15, -0.1) is 5.10 Å². The molecule has 0 saturated carbocycles. The van der Waals surface area contributed by atoms with E-state index in [1.54, 1.807) is 12.1 Å². The van der Waals surface area contributed by atoms with Gasteiger partial charge in [-0.1, -0.05) is 30.3 Å². The minimum Gasteiger partial charge on any atom is -0.484 e. The molecule has 4 aromatic rings. The van der Waals surface area contributed by atoms with E-state index in [-0.39, 0.29) is 12.5 Å². The number of tetrazole rings is 1. The van der Waals surface area contributed by atoms with Gasteiger partial charge in [0.05, 0.1) is 5.69 Å². The number of carbonyl (C=O) groups is 1. The molecule has 0 aliphatic carbocycles. The Morgan fingerprint density at radius 3 is 2.58 bits per heavy atom. The van der Waals surface area contributed by atoms with E-state index in [4.69, 9.17) is 4.74 Å². The number of hydrogen-bond donors (Lipinski definition) is 1. The van der Waals surface area contributed by atoms with Crippen molar-refractivity contribution in [2.45, 2.75) is 0 Å². The Kier molecular flexibility index (Phi) is 4.26. The third-order valence-corrected chi connectivity index (χ3v) is 3.85. The van der Waals surface area contributed by atoms with Gasteiger partial charge in [-0.25, -0.2) is 4.68 Å². The molecule has 0 spiro atoms. The van der Waals surface area contributed by atoms with Crippen LogP contribution < -0.4 is 10.1 Å². The lowest BCUT2D eigenvalue weighted by Crippen LogP contribution is -2.20. The molecular formula is C19H15N5O2. The lowest BCUT2D eigenvalue weighted by atomic mass is 10.1. The number of nitrogens with one attached hydrogen (secondary N) is 1. The Labute approximate surface area is 149 Å². The van der Waals surface area contributed by atoms with Gasteiger partial charge < -0.3 is 10.1 Å². The Morgan fingerprint density at radius 2 is 1.81 bits per heavy atom. The van der Waals surface area contributed by atoms with Crippen LogP contribution in [-0.2, 0) is 4.79 Å². The number of hydrogen-bond acceptors (Lipinski definition) is 5. The molecule has 0 radical (unpaired) electrons. The number of carbonyl (C=O) groups excluding carboxylic acids is 1. The molecule has 0 bridgehead atoms. The number of anilines is 1. The van der Waals surface area contributed by atoms with Crippen LogP contribution in [0.25, 0.3) is 16.5 Å². The Morgan fingerprint density at radius 1 is 1.00 bits per heavy atom. The number of rotatable bonds is 5. The largest absolute Gasteiger partial charge is 0.484 e. The SMILES string of the molecule is O=C(COc1ccc(-n2cnnn2)cc1)Nc1ccc2ccccc2c1. The van der Waals surface area contributed by atoms with Crippen molar-refractivity contribution in [1.29, 1.82) is 0 Å². The zero-order valence-corrected chi connectivity index (χ0v) is 13.7. The molecule has 3 aromatic carbocycles. The molecule has 7 heteroatoms. The molecular weight excluding hydrogens is 330 g/mol. The number of ether oxygens (including phenoxy) is 1. The highest BCUT2D eigenvalue weighted by Gasteiger charge is 2.05. The predicted octanol–water partition coefficient (Wildman–Crippen LogP) is 2.83. The second-order valence-electron chi connectivity index (χ2n) is 5.65. The molecule has 7 nitrogen and oxygen atoms in total. The van der Waals surface area contributed by atoms with Gasteiger partial charge in [0, 0.05) is 5.69 Å². The summed E-state index contributed by atoms with van der Waals surface area (Å²) < 4.78 is 7.06. The maximum absolute atomic E-state index is 12.1. The summed E-state index contributed by atoms with van der Waals surface area (Å²) in [6.07, 6.45) is 1.51. The highest BCUT2D eigenvalue weighted by atomic mass is 16.5. The van der Waals surface area contributed by atoms with Gasteiger partial charge in [-0.3, -0.25) is 4.79 Å². The van der Waals surface area contributed by atoms with E-state index in [1.165, 1.54) is 11.0 Å². The molecule has 1 N–H and O–H groups in total. The normalized spacial score (nSPS) is 10.6. The van der Waals surface area contributed by atoms with E-state index in [2.05, 4.69) is 20.8 Å². The van der Waals surface area contributed by atoms with Crippen LogP contribution in [0.3, 0.4) is 0 Å². The van der Waals surface area contributed by atoms with Crippen molar-refractivity contribution in [2.24, 2.45) is 0 Å². The molecule has 4 rings (SSSR count). The van der Waals surface area contributed by atoms with Crippen LogP contribution in [0.1, 0.15) is 0 Å². The van der Waals surface area contributed by atoms with E-state index < -0.39 is 0 Å². The van der Waals surface area contributed by atoms with Crippen molar-refractivity contribution < 1.29 is 9.53 Å². The van der Waals surface area contributed by atoms with Crippen molar-refractivity contribution in [2.75, 3.05) is 11.9 Å². The molecule has 0 saturated heterocycles. The van der Waals surface area contributed by atoms with Crippen molar-refractivity contribution in [3.63, 3.8) is 0 Å². The zero-order chi connectivity index (χ0) is 17.8. The second-order valence-corrected chi connectivity index (χ2v) is 5.65. The first kappa shape index (κ1) is 15.8. The number of nitrogens with zero attached hydrogens (tertiary/aromatic N) is 4. The fourth-order valence-corrected chi connectivity index (χ4v) is 2.59. The first-order chi connectivity index (χ1) is 12.8. The van der Waals surface area contributed by atoms with E-state index in [0.717, 1.165) is 22.1 Å². The summed E-state index contributed by atoms with van der Waals surface area (Å²) >= 11 is 0. The fraction of sp³-hybridized carbons (Fsp3) is 0.0526. The maximum Gasteiger partial charge on any atom is 0.262 e. The lowest BCUT2D eigenvalue weighted by Gasteiger charge is -2.09. The summed E-state index contributed by atoms with van der Waals surface area (Å²) in [5, 5.41) is 16.0. The van der Waals surface area contributed by atoms with E-state index >= 15 is 0 Å². The molecule has 0 fully saturated rings. The van der Waals surface area contributed by atoms with Crippen LogP contribution in [0, 0.1) is 0 Å². The highest BCUT2D eigenvalue weighted by molar-refractivity contribution is 5.95. The molecule has 0 aliphatic heterocycles. The van der Waals surface area contributed by atoms with Gasteiger partial charge >= 0.3 is 0 Å². The minimum absolute atomic E-state index is 0.0724. The number of aromatic nitrogens is 4. The predicted molar refractivity (Wildman–Crippen MR) is 97.2 cm³/mol. The standard InChI is InChI=1S/C19H15N5O2/c25-19(21-16-6-5-14-3-1-2-4-15(14)11-16)12-26-18-9-7-17(8-10-18)24-13-20-22-23-24/h1-11,13H,12H2,(H,21,25). The van der Waals surface area contributed by atoms with Gasteiger partial charge in [0.25, 0.3) is 5.91 Å². The Bertz CT molecular complexity index is 1030. The molecule has 1 amide bonds. The summed E-state index contributed by atoms with van der Waals surface area (Å²) in [5.74, 6) is 0.375. The number of fused-ring (bicyclic) bond motifs is 1. The van der Waals surface area contributed by atoms with Crippen LogP contribution in [-0.4, -0.2) is 32.7 Å². The summed E-state index contributed by atoms with van der Waals surface area (Å²) in [6.45, 7) is -0.0724. The van der Waals surface area contributed by atoms with Crippen LogP contribution >= 0.6 is 0 Å². The summed E-state index contributed by atoms with van der Waals surface area (Å²) in [4.78, 5) is 12.1. The third-order valence-electron chi connectivity index (χ3n) is 3.85. The summed E-state index contributed by atoms with van der Waals surface area (Å²) in [7, 11) is 0. The van der Waals surface area contributed by atoms with Gasteiger partial charge in [-0.05, 0) is 57.6 Å². The maximum atomic E-state index is 12.1. The van der Waals surface area contributed by atoms with E-state index in [0.29, 0.717) is 5.75 Å². The minimum atomic E-state index is -0.218. The average Bonchev–Trinajstić information content (AvgIpc) is 3.21. The summed E-state index contributed by atoms with van der Waals surface area (Å²) in [5.41, 5.74) is 1.55. The smallest absolute Gasteiger partial charge is 0.262 e. The molecule has 26 heavy (non-hydrogen) atoms. The fourth-order valence-electron chi connectivity index (χ4n) is 2.59. The monoisotopic (exact) mass is 345 g/mol. The van der Waals surface area contributed by atoms with Gasteiger partial charge in [0.15, 0.2) is 6.61 Å². The molecule has 128 valence electrons. The topological polar surface area (TPSA) is 81.9 Å². The van der Waals surface area contributed by atoms with Crippen molar-refractivity contribution in [3.8, 4) is 11.4 Å². The van der Waals surface area contributed by atoms with Crippen LogP contribution in [0.15, 0.2) is 73.1 Å². The molecule has 0 unspecified atom stereocenters. The second kappa shape index (κ2) is 7.02. The molecule has 1 aromatic heterocycles. The quantitative estimate of drug-likeness (QED) is 0.601. The highest BCUT2D eigenvalue weighted by Crippen LogP contribution is 2.19. The zero-order valence-electron chi connectivity index (χ0n) is 13.7. The number of amides is 1.